The molecule has 0 amide bonds. The first kappa shape index (κ1) is 13.4. The van der Waals surface area contributed by atoms with E-state index < -0.39 is 0 Å². The second-order valence-electron chi connectivity index (χ2n) is 4.38. The third-order valence-electron chi connectivity index (χ3n) is 3.03. The molecule has 1 N–H and O–H groups in total. The summed E-state index contributed by atoms with van der Waals surface area (Å²) in [6.07, 6.45) is 7.35. The van der Waals surface area contributed by atoms with Crippen LogP contribution in [0.2, 0.25) is 0 Å². The molecule has 100 valence electrons. The van der Waals surface area contributed by atoms with Gasteiger partial charge in [-0.05, 0) is 31.4 Å². The molecule has 1 aromatic carbocycles. The van der Waals surface area contributed by atoms with Crippen LogP contribution in [0.5, 0.6) is 0 Å². The minimum atomic E-state index is -0.292. The number of hydrogen-bond donors (Lipinski definition) is 1. The smallest absolute Gasteiger partial charge is 0.330 e. The minimum absolute atomic E-state index is 0.292. The first-order valence-electron chi connectivity index (χ1n) is 6.68. The van der Waals surface area contributed by atoms with Gasteiger partial charge in [0.15, 0.2) is 0 Å². The van der Waals surface area contributed by atoms with Crippen LogP contribution in [0, 0.1) is 0 Å². The van der Waals surface area contributed by atoms with Gasteiger partial charge in [0.1, 0.15) is 0 Å². The first-order chi connectivity index (χ1) is 9.31. The Kier molecular flexibility index (Phi) is 4.78. The van der Waals surface area contributed by atoms with E-state index in [0.717, 1.165) is 25.1 Å². The number of para-hydroxylation sites is 1. The number of carbonyl (C=O) groups is 1. The van der Waals surface area contributed by atoms with Crippen molar-refractivity contribution in [2.24, 2.45) is 0 Å². The lowest BCUT2D eigenvalue weighted by molar-refractivity contribution is -0.137. The number of benzene rings is 1. The van der Waals surface area contributed by atoms with E-state index in [0.29, 0.717) is 6.61 Å². The summed E-state index contributed by atoms with van der Waals surface area (Å²) in [7, 11) is 0. The molecule has 0 unspecified atom stereocenters. The van der Waals surface area contributed by atoms with Crippen LogP contribution in [0.15, 0.2) is 42.5 Å². The summed E-state index contributed by atoms with van der Waals surface area (Å²) in [5.74, 6) is -0.292. The summed E-state index contributed by atoms with van der Waals surface area (Å²) in [6, 6.07) is 8.26. The van der Waals surface area contributed by atoms with Crippen molar-refractivity contribution >= 4 is 17.2 Å². The van der Waals surface area contributed by atoms with Crippen LogP contribution in [0.4, 0.5) is 5.69 Å². The van der Waals surface area contributed by atoms with Gasteiger partial charge in [-0.15, -0.1) is 0 Å². The van der Waals surface area contributed by atoms with Crippen LogP contribution >= 0.6 is 0 Å². The van der Waals surface area contributed by atoms with Crippen molar-refractivity contribution in [3.63, 3.8) is 0 Å². The molecule has 3 heteroatoms. The SMILES string of the molecule is CCOC(=O)C=CC=C1CCCNc2ccccc21. The van der Waals surface area contributed by atoms with Gasteiger partial charge in [-0.1, -0.05) is 30.4 Å². The van der Waals surface area contributed by atoms with Crippen molar-refractivity contribution < 1.29 is 9.53 Å². The molecule has 0 saturated carbocycles. The van der Waals surface area contributed by atoms with Crippen LogP contribution in [0.3, 0.4) is 0 Å². The fourth-order valence-corrected chi connectivity index (χ4v) is 2.16. The van der Waals surface area contributed by atoms with Gasteiger partial charge in [0, 0.05) is 23.9 Å². The molecule has 2 rings (SSSR count). The number of anilines is 1. The van der Waals surface area contributed by atoms with E-state index in [-0.39, 0.29) is 5.97 Å². The van der Waals surface area contributed by atoms with Gasteiger partial charge in [0.05, 0.1) is 6.61 Å². The number of fused-ring (bicyclic) bond motifs is 1. The van der Waals surface area contributed by atoms with E-state index in [4.69, 9.17) is 4.74 Å². The Morgan fingerprint density at radius 2 is 2.26 bits per heavy atom. The zero-order chi connectivity index (χ0) is 13.5. The molecule has 1 aliphatic heterocycles. The highest BCUT2D eigenvalue weighted by atomic mass is 16.5. The third-order valence-corrected chi connectivity index (χ3v) is 3.03. The minimum Gasteiger partial charge on any atom is -0.463 e. The largest absolute Gasteiger partial charge is 0.463 e. The van der Waals surface area contributed by atoms with E-state index in [1.165, 1.54) is 17.2 Å². The monoisotopic (exact) mass is 257 g/mol. The third kappa shape index (κ3) is 3.71. The molecule has 3 nitrogen and oxygen atoms in total. The molecule has 1 aromatic rings. The van der Waals surface area contributed by atoms with Gasteiger partial charge in [-0.25, -0.2) is 4.79 Å². The average Bonchev–Trinajstić information content (AvgIpc) is 2.62. The number of ether oxygens (including phenoxy) is 1. The quantitative estimate of drug-likeness (QED) is 0.666. The predicted octanol–water partition coefficient (Wildman–Crippen LogP) is 3.40. The van der Waals surface area contributed by atoms with Crippen molar-refractivity contribution in [3.8, 4) is 0 Å². The Labute approximate surface area is 114 Å². The summed E-state index contributed by atoms with van der Waals surface area (Å²) in [4.78, 5) is 11.2. The van der Waals surface area contributed by atoms with Gasteiger partial charge in [0.2, 0.25) is 0 Å². The van der Waals surface area contributed by atoms with E-state index in [9.17, 15) is 4.79 Å². The number of hydrogen-bond acceptors (Lipinski definition) is 3. The summed E-state index contributed by atoms with van der Waals surface area (Å²) >= 11 is 0. The summed E-state index contributed by atoms with van der Waals surface area (Å²) < 4.78 is 4.86. The lowest BCUT2D eigenvalue weighted by Crippen LogP contribution is -1.98. The fraction of sp³-hybridized carbons (Fsp3) is 0.312. The average molecular weight is 257 g/mol. The van der Waals surface area contributed by atoms with Gasteiger partial charge in [0.25, 0.3) is 0 Å². The zero-order valence-corrected chi connectivity index (χ0v) is 11.2. The van der Waals surface area contributed by atoms with E-state index in [2.05, 4.69) is 17.4 Å². The van der Waals surface area contributed by atoms with E-state index in [1.54, 1.807) is 13.0 Å². The van der Waals surface area contributed by atoms with Gasteiger partial charge in [-0.3, -0.25) is 0 Å². The zero-order valence-electron chi connectivity index (χ0n) is 11.2. The molecule has 0 atom stereocenters. The molecule has 19 heavy (non-hydrogen) atoms. The van der Waals surface area contributed by atoms with E-state index >= 15 is 0 Å². The Hall–Kier alpha value is -2.03. The molecule has 0 aromatic heterocycles. The Morgan fingerprint density at radius 1 is 1.42 bits per heavy atom. The number of nitrogens with one attached hydrogen (secondary N) is 1. The highest BCUT2D eigenvalue weighted by molar-refractivity contribution is 5.83. The summed E-state index contributed by atoms with van der Waals surface area (Å²) in [6.45, 7) is 3.19. The van der Waals surface area contributed by atoms with Gasteiger partial charge >= 0.3 is 5.97 Å². The molecule has 0 aliphatic carbocycles. The van der Waals surface area contributed by atoms with Crippen molar-refractivity contribution in [2.75, 3.05) is 18.5 Å². The summed E-state index contributed by atoms with van der Waals surface area (Å²) in [5, 5.41) is 3.42. The molecule has 0 saturated heterocycles. The topological polar surface area (TPSA) is 38.3 Å². The lowest BCUT2D eigenvalue weighted by atomic mass is 10.0. The van der Waals surface area contributed by atoms with Crippen LogP contribution in [-0.4, -0.2) is 19.1 Å². The summed E-state index contributed by atoms with van der Waals surface area (Å²) in [5.41, 5.74) is 3.63. The number of allylic oxidation sites excluding steroid dienone is 3. The van der Waals surface area contributed by atoms with Crippen molar-refractivity contribution in [1.29, 1.82) is 0 Å². The molecule has 0 radical (unpaired) electrons. The highest BCUT2D eigenvalue weighted by Crippen LogP contribution is 2.29. The Morgan fingerprint density at radius 3 is 3.11 bits per heavy atom. The second-order valence-corrected chi connectivity index (χ2v) is 4.38. The first-order valence-corrected chi connectivity index (χ1v) is 6.68. The van der Waals surface area contributed by atoms with Crippen molar-refractivity contribution in [3.05, 3.63) is 48.1 Å². The van der Waals surface area contributed by atoms with Crippen molar-refractivity contribution in [1.82, 2.24) is 0 Å². The van der Waals surface area contributed by atoms with Crippen LogP contribution in [-0.2, 0) is 9.53 Å². The maximum atomic E-state index is 11.2. The fourth-order valence-electron chi connectivity index (χ4n) is 2.16. The second kappa shape index (κ2) is 6.78. The number of esters is 1. The molecule has 0 spiro atoms. The molecule has 0 fully saturated rings. The highest BCUT2D eigenvalue weighted by Gasteiger charge is 2.10. The molecule has 1 aliphatic rings. The molecular formula is C16H19NO2. The predicted molar refractivity (Wildman–Crippen MR) is 77.9 cm³/mol. The molecule has 0 bridgehead atoms. The lowest BCUT2D eigenvalue weighted by Gasteiger charge is -2.08. The Bertz CT molecular complexity index is 503. The maximum absolute atomic E-state index is 11.2. The number of carbonyl (C=O) groups excluding carboxylic acids is 1. The standard InChI is InChI=1S/C16H19NO2/c1-2-19-16(18)11-5-7-13-8-6-12-17-15-10-4-3-9-14(13)15/h3-5,7,9-11,17H,2,6,8,12H2,1H3. The van der Waals surface area contributed by atoms with E-state index in [1.807, 2.05) is 18.2 Å². The van der Waals surface area contributed by atoms with Crippen LogP contribution < -0.4 is 5.32 Å². The van der Waals surface area contributed by atoms with Crippen LogP contribution in [0.25, 0.3) is 5.57 Å². The molecular weight excluding hydrogens is 238 g/mol. The number of rotatable bonds is 3. The normalized spacial score (nSPS) is 16.8. The Balaban J connectivity index is 2.17. The maximum Gasteiger partial charge on any atom is 0.330 e. The van der Waals surface area contributed by atoms with Crippen molar-refractivity contribution in [2.45, 2.75) is 19.8 Å². The molecule has 1 heterocycles. The van der Waals surface area contributed by atoms with Gasteiger partial charge < -0.3 is 10.1 Å². The van der Waals surface area contributed by atoms with Gasteiger partial charge in [-0.2, -0.15) is 0 Å². The van der Waals surface area contributed by atoms with Crippen LogP contribution in [0.1, 0.15) is 25.3 Å².